The van der Waals surface area contributed by atoms with Gasteiger partial charge in [-0.25, -0.2) is 0 Å². The van der Waals surface area contributed by atoms with Gasteiger partial charge in [-0.05, 0) is 67.6 Å². The Bertz CT molecular complexity index is 479. The second kappa shape index (κ2) is 7.23. The smallest absolute Gasteiger partial charge is 0.244 e. The standard InChI is InChI=1S/C17H26N2OS/c1-14-5-4-9-19(11-14)17(2,3)13-18-16(20)7-6-15-8-10-21-12-15/h6-8,10,12,14H,4-5,9,11,13H2,1-3H3,(H,18,20)/b7-6+. The average molecular weight is 306 g/mol. The SMILES string of the molecule is CC1CCCN(C(C)(C)CNC(=O)/C=C/c2ccsc2)C1. The Hall–Kier alpha value is -1.13. The lowest BCUT2D eigenvalue weighted by molar-refractivity contribution is -0.117. The van der Waals surface area contributed by atoms with Gasteiger partial charge >= 0.3 is 0 Å². The molecule has 0 bridgehead atoms. The molecule has 1 atom stereocenters. The van der Waals surface area contributed by atoms with E-state index in [2.05, 4.69) is 31.0 Å². The van der Waals surface area contributed by atoms with Gasteiger partial charge in [0.05, 0.1) is 0 Å². The van der Waals surface area contributed by atoms with E-state index in [1.165, 1.54) is 12.8 Å². The highest BCUT2D eigenvalue weighted by Gasteiger charge is 2.30. The van der Waals surface area contributed by atoms with Crippen LogP contribution in [-0.4, -0.2) is 36.0 Å². The number of hydrogen-bond acceptors (Lipinski definition) is 3. The van der Waals surface area contributed by atoms with Gasteiger partial charge in [-0.15, -0.1) is 0 Å². The van der Waals surface area contributed by atoms with Gasteiger partial charge in [0.15, 0.2) is 0 Å². The first-order valence-electron chi connectivity index (χ1n) is 7.70. The molecule has 1 saturated heterocycles. The van der Waals surface area contributed by atoms with E-state index in [1.54, 1.807) is 17.4 Å². The maximum Gasteiger partial charge on any atom is 0.244 e. The van der Waals surface area contributed by atoms with Crippen LogP contribution in [0.3, 0.4) is 0 Å². The summed E-state index contributed by atoms with van der Waals surface area (Å²) in [4.78, 5) is 14.4. The minimum absolute atomic E-state index is 0.0144. The van der Waals surface area contributed by atoms with Crippen molar-refractivity contribution in [1.29, 1.82) is 0 Å². The zero-order valence-corrected chi connectivity index (χ0v) is 14.1. The van der Waals surface area contributed by atoms with Crippen LogP contribution in [0.1, 0.15) is 39.2 Å². The molecule has 0 saturated carbocycles. The molecule has 1 aromatic heterocycles. The summed E-state index contributed by atoms with van der Waals surface area (Å²) in [6.07, 6.45) is 6.07. The summed E-state index contributed by atoms with van der Waals surface area (Å²) in [7, 11) is 0. The van der Waals surface area contributed by atoms with Crippen LogP contribution in [0.4, 0.5) is 0 Å². The zero-order chi connectivity index (χ0) is 15.3. The minimum atomic E-state index is -0.0145. The molecule has 4 heteroatoms. The average Bonchev–Trinajstić information content (AvgIpc) is 2.96. The number of nitrogens with zero attached hydrogens (tertiary/aromatic N) is 1. The van der Waals surface area contributed by atoms with Crippen molar-refractivity contribution in [2.45, 2.75) is 39.2 Å². The number of likely N-dealkylation sites (tertiary alicyclic amines) is 1. The summed E-state index contributed by atoms with van der Waals surface area (Å²) in [5, 5.41) is 7.08. The molecule has 2 rings (SSSR count). The van der Waals surface area contributed by atoms with E-state index in [0.717, 1.165) is 24.6 Å². The predicted molar refractivity (Wildman–Crippen MR) is 90.4 cm³/mol. The van der Waals surface area contributed by atoms with Crippen LogP contribution in [0.25, 0.3) is 6.08 Å². The van der Waals surface area contributed by atoms with E-state index >= 15 is 0 Å². The van der Waals surface area contributed by atoms with Gasteiger partial charge in [-0.2, -0.15) is 11.3 Å². The van der Waals surface area contributed by atoms with Crippen LogP contribution >= 0.6 is 11.3 Å². The summed E-state index contributed by atoms with van der Waals surface area (Å²) in [6.45, 7) is 9.70. The molecule has 1 aliphatic rings. The Kier molecular flexibility index (Phi) is 5.59. The quantitative estimate of drug-likeness (QED) is 0.846. The number of nitrogens with one attached hydrogen (secondary N) is 1. The topological polar surface area (TPSA) is 32.3 Å². The van der Waals surface area contributed by atoms with E-state index in [-0.39, 0.29) is 11.4 Å². The van der Waals surface area contributed by atoms with Crippen molar-refractivity contribution in [1.82, 2.24) is 10.2 Å². The van der Waals surface area contributed by atoms with Crippen molar-refractivity contribution in [3.63, 3.8) is 0 Å². The van der Waals surface area contributed by atoms with E-state index < -0.39 is 0 Å². The number of amides is 1. The maximum absolute atomic E-state index is 11.9. The third-order valence-electron chi connectivity index (χ3n) is 4.18. The molecular formula is C17H26N2OS. The monoisotopic (exact) mass is 306 g/mol. The second-order valence-electron chi connectivity index (χ2n) is 6.61. The van der Waals surface area contributed by atoms with Crippen molar-refractivity contribution >= 4 is 23.3 Å². The molecular weight excluding hydrogens is 280 g/mol. The van der Waals surface area contributed by atoms with Crippen LogP contribution in [0.5, 0.6) is 0 Å². The fourth-order valence-electron chi connectivity index (χ4n) is 2.76. The Morgan fingerprint density at radius 2 is 2.38 bits per heavy atom. The summed E-state index contributed by atoms with van der Waals surface area (Å²) < 4.78 is 0. The molecule has 1 unspecified atom stereocenters. The number of hydrogen-bond donors (Lipinski definition) is 1. The van der Waals surface area contributed by atoms with E-state index in [0.29, 0.717) is 6.54 Å². The molecule has 1 N–H and O–H groups in total. The fourth-order valence-corrected chi connectivity index (χ4v) is 3.38. The minimum Gasteiger partial charge on any atom is -0.351 e. The van der Waals surface area contributed by atoms with Crippen molar-refractivity contribution in [2.24, 2.45) is 5.92 Å². The molecule has 1 aromatic rings. The van der Waals surface area contributed by atoms with Crippen LogP contribution in [0, 0.1) is 5.92 Å². The zero-order valence-electron chi connectivity index (χ0n) is 13.3. The number of carbonyl (C=O) groups is 1. The number of thiophene rings is 1. The molecule has 0 aromatic carbocycles. The van der Waals surface area contributed by atoms with Gasteiger partial charge in [0.25, 0.3) is 0 Å². The van der Waals surface area contributed by atoms with E-state index in [1.807, 2.05) is 22.9 Å². The van der Waals surface area contributed by atoms with Crippen LogP contribution in [0.15, 0.2) is 22.9 Å². The highest BCUT2D eigenvalue weighted by atomic mass is 32.1. The molecule has 2 heterocycles. The van der Waals surface area contributed by atoms with Crippen LogP contribution < -0.4 is 5.32 Å². The Morgan fingerprint density at radius 1 is 1.57 bits per heavy atom. The third kappa shape index (κ3) is 4.97. The van der Waals surface area contributed by atoms with Crippen molar-refractivity contribution < 1.29 is 4.79 Å². The van der Waals surface area contributed by atoms with Crippen molar-refractivity contribution in [3.05, 3.63) is 28.5 Å². The number of rotatable bonds is 5. The lowest BCUT2D eigenvalue weighted by Crippen LogP contribution is -2.54. The Morgan fingerprint density at radius 3 is 3.05 bits per heavy atom. The molecule has 21 heavy (non-hydrogen) atoms. The highest BCUT2D eigenvalue weighted by molar-refractivity contribution is 7.08. The lowest BCUT2D eigenvalue weighted by Gasteiger charge is -2.43. The summed E-state index contributed by atoms with van der Waals surface area (Å²) in [6, 6.07) is 2.01. The Balaban J connectivity index is 1.81. The number of carbonyl (C=O) groups excluding carboxylic acids is 1. The summed E-state index contributed by atoms with van der Waals surface area (Å²) in [5.74, 6) is 0.742. The summed E-state index contributed by atoms with van der Waals surface area (Å²) in [5.41, 5.74) is 1.10. The van der Waals surface area contributed by atoms with Gasteiger partial charge in [-0.1, -0.05) is 6.92 Å². The summed E-state index contributed by atoms with van der Waals surface area (Å²) >= 11 is 1.64. The van der Waals surface area contributed by atoms with Crippen molar-refractivity contribution in [2.75, 3.05) is 19.6 Å². The molecule has 1 aliphatic heterocycles. The number of piperidine rings is 1. The first-order valence-corrected chi connectivity index (χ1v) is 8.65. The van der Waals surface area contributed by atoms with Gasteiger partial charge in [0.2, 0.25) is 5.91 Å². The normalized spacial score (nSPS) is 20.8. The van der Waals surface area contributed by atoms with Crippen LogP contribution in [-0.2, 0) is 4.79 Å². The lowest BCUT2D eigenvalue weighted by atomic mass is 9.93. The predicted octanol–water partition coefficient (Wildman–Crippen LogP) is 3.39. The Labute approximate surface area is 132 Å². The third-order valence-corrected chi connectivity index (χ3v) is 4.88. The first-order chi connectivity index (χ1) is 9.97. The fraction of sp³-hybridized carbons (Fsp3) is 0.588. The maximum atomic E-state index is 11.9. The van der Waals surface area contributed by atoms with Gasteiger partial charge < -0.3 is 5.32 Å². The molecule has 1 fully saturated rings. The molecule has 0 spiro atoms. The highest BCUT2D eigenvalue weighted by Crippen LogP contribution is 2.23. The largest absolute Gasteiger partial charge is 0.351 e. The molecule has 0 aliphatic carbocycles. The van der Waals surface area contributed by atoms with E-state index in [4.69, 9.17) is 0 Å². The van der Waals surface area contributed by atoms with Crippen molar-refractivity contribution in [3.8, 4) is 0 Å². The van der Waals surface area contributed by atoms with Gasteiger partial charge in [0, 0.05) is 24.7 Å². The van der Waals surface area contributed by atoms with E-state index in [9.17, 15) is 4.79 Å². The molecule has 0 radical (unpaired) electrons. The first kappa shape index (κ1) is 16.2. The molecule has 116 valence electrons. The van der Waals surface area contributed by atoms with Crippen LogP contribution in [0.2, 0.25) is 0 Å². The second-order valence-corrected chi connectivity index (χ2v) is 7.39. The molecule has 3 nitrogen and oxygen atoms in total. The van der Waals surface area contributed by atoms with Gasteiger partial charge in [-0.3, -0.25) is 9.69 Å². The molecule has 1 amide bonds. The van der Waals surface area contributed by atoms with Gasteiger partial charge in [0.1, 0.15) is 0 Å².